The van der Waals surface area contributed by atoms with Gasteiger partial charge in [0.2, 0.25) is 5.91 Å². The summed E-state index contributed by atoms with van der Waals surface area (Å²) in [7, 11) is 0. The van der Waals surface area contributed by atoms with Gasteiger partial charge in [0.25, 0.3) is 6.47 Å². The Hall–Kier alpha value is -2.44. The van der Waals surface area contributed by atoms with E-state index in [0.29, 0.717) is 34.9 Å². The van der Waals surface area contributed by atoms with E-state index in [1.807, 2.05) is 0 Å². The molecule has 1 amide bonds. The number of hydrogen-bond acceptors (Lipinski definition) is 4. The van der Waals surface area contributed by atoms with E-state index in [9.17, 15) is 14.0 Å². The van der Waals surface area contributed by atoms with E-state index >= 15 is 0 Å². The van der Waals surface area contributed by atoms with Crippen molar-refractivity contribution in [2.24, 2.45) is 0 Å². The smallest absolute Gasteiger partial charge is 0.298 e. The first-order valence-electron chi connectivity index (χ1n) is 10.8. The highest BCUT2D eigenvalue weighted by Crippen LogP contribution is 2.44. The molecular formula is C24H26ClFN2O3. The zero-order chi connectivity index (χ0) is 21.8. The topological polar surface area (TPSA) is 67.4 Å². The molecule has 2 N–H and O–H groups in total. The summed E-state index contributed by atoms with van der Waals surface area (Å²) < 4.78 is 20.0. The van der Waals surface area contributed by atoms with Crippen molar-refractivity contribution in [1.29, 1.82) is 0 Å². The van der Waals surface area contributed by atoms with Crippen LogP contribution in [0.3, 0.4) is 0 Å². The molecule has 2 aliphatic rings. The summed E-state index contributed by atoms with van der Waals surface area (Å²) in [5, 5.41) is 6.90. The van der Waals surface area contributed by atoms with Crippen LogP contribution >= 0.6 is 11.6 Å². The van der Waals surface area contributed by atoms with E-state index in [1.165, 1.54) is 12.5 Å². The molecule has 4 rings (SSSR count). The van der Waals surface area contributed by atoms with Crippen LogP contribution in [0.5, 0.6) is 5.75 Å². The third kappa shape index (κ3) is 4.75. The number of carbonyl (C=O) groups is 2. The number of nitrogens with one attached hydrogen (secondary N) is 2. The third-order valence-electron chi connectivity index (χ3n) is 6.40. The summed E-state index contributed by atoms with van der Waals surface area (Å²) >= 11 is 6.09. The maximum Gasteiger partial charge on any atom is 0.298 e. The van der Waals surface area contributed by atoms with Crippen LogP contribution in [0.4, 0.5) is 4.39 Å². The van der Waals surface area contributed by atoms with Gasteiger partial charge < -0.3 is 15.4 Å². The van der Waals surface area contributed by atoms with Gasteiger partial charge in [-0.1, -0.05) is 55.1 Å². The summed E-state index contributed by atoms with van der Waals surface area (Å²) in [6.07, 6.45) is 5.37. The SMILES string of the molecule is O=COc1cc(Cl)ccc1C1CN[C@@H](C(=O)NC2CCCCC2)C1c1ccccc1F. The molecule has 164 valence electrons. The van der Waals surface area contributed by atoms with Crippen LogP contribution in [0, 0.1) is 5.82 Å². The van der Waals surface area contributed by atoms with Gasteiger partial charge in [0.05, 0.1) is 6.04 Å². The highest BCUT2D eigenvalue weighted by atomic mass is 35.5. The summed E-state index contributed by atoms with van der Waals surface area (Å²) in [5.74, 6) is -0.881. The van der Waals surface area contributed by atoms with Gasteiger partial charge in [-0.05, 0) is 36.6 Å². The molecule has 0 spiro atoms. The van der Waals surface area contributed by atoms with Crippen LogP contribution in [0.15, 0.2) is 42.5 Å². The second kappa shape index (κ2) is 9.79. The molecule has 0 bridgehead atoms. The van der Waals surface area contributed by atoms with Gasteiger partial charge in [0, 0.05) is 35.0 Å². The van der Waals surface area contributed by atoms with Crippen LogP contribution in [-0.2, 0) is 9.59 Å². The van der Waals surface area contributed by atoms with Crippen molar-refractivity contribution >= 4 is 24.0 Å². The van der Waals surface area contributed by atoms with Gasteiger partial charge in [-0.2, -0.15) is 0 Å². The van der Waals surface area contributed by atoms with Gasteiger partial charge in [-0.25, -0.2) is 4.39 Å². The zero-order valence-electron chi connectivity index (χ0n) is 17.2. The number of halogens is 2. The van der Waals surface area contributed by atoms with E-state index in [0.717, 1.165) is 25.7 Å². The Kier molecular flexibility index (Phi) is 6.88. The molecule has 1 heterocycles. The van der Waals surface area contributed by atoms with Crippen molar-refractivity contribution in [3.05, 3.63) is 64.4 Å². The van der Waals surface area contributed by atoms with Gasteiger partial charge in [0.15, 0.2) is 0 Å². The lowest BCUT2D eigenvalue weighted by molar-refractivity contribution is -0.124. The molecule has 5 nitrogen and oxygen atoms in total. The molecule has 0 aromatic heterocycles. The summed E-state index contributed by atoms with van der Waals surface area (Å²) in [4.78, 5) is 24.3. The normalized spacial score (nSPS) is 24.0. The second-order valence-corrected chi connectivity index (χ2v) is 8.72. The zero-order valence-corrected chi connectivity index (χ0v) is 17.9. The minimum absolute atomic E-state index is 0.116. The lowest BCUT2D eigenvalue weighted by atomic mass is 9.79. The first-order valence-corrected chi connectivity index (χ1v) is 11.1. The quantitative estimate of drug-likeness (QED) is 0.652. The van der Waals surface area contributed by atoms with Gasteiger partial charge in [0.1, 0.15) is 11.6 Å². The highest BCUT2D eigenvalue weighted by Gasteiger charge is 2.44. The number of benzene rings is 2. The average Bonchev–Trinajstić information content (AvgIpc) is 3.20. The summed E-state index contributed by atoms with van der Waals surface area (Å²) in [6, 6.07) is 11.2. The molecule has 7 heteroatoms. The van der Waals surface area contributed by atoms with Crippen molar-refractivity contribution in [2.75, 3.05) is 6.54 Å². The van der Waals surface area contributed by atoms with E-state index < -0.39 is 12.0 Å². The van der Waals surface area contributed by atoms with Crippen molar-refractivity contribution < 1.29 is 18.7 Å². The van der Waals surface area contributed by atoms with Crippen molar-refractivity contribution in [1.82, 2.24) is 10.6 Å². The Morgan fingerprint density at radius 2 is 1.90 bits per heavy atom. The minimum Gasteiger partial charge on any atom is -0.428 e. The fourth-order valence-corrected chi connectivity index (χ4v) is 5.11. The van der Waals surface area contributed by atoms with Crippen molar-refractivity contribution in [2.45, 2.75) is 56.0 Å². The molecule has 31 heavy (non-hydrogen) atoms. The molecule has 1 aliphatic heterocycles. The molecule has 2 unspecified atom stereocenters. The fraction of sp³-hybridized carbons (Fsp3) is 0.417. The van der Waals surface area contributed by atoms with Crippen molar-refractivity contribution in [3.63, 3.8) is 0 Å². The Labute approximate surface area is 186 Å². The maximum atomic E-state index is 14.9. The largest absolute Gasteiger partial charge is 0.428 e. The predicted octanol–water partition coefficient (Wildman–Crippen LogP) is 4.30. The molecule has 1 saturated carbocycles. The predicted molar refractivity (Wildman–Crippen MR) is 117 cm³/mol. The van der Waals surface area contributed by atoms with Crippen LogP contribution in [0.25, 0.3) is 0 Å². The first-order chi connectivity index (χ1) is 15.1. The van der Waals surface area contributed by atoms with Crippen LogP contribution in [-0.4, -0.2) is 31.0 Å². The number of ether oxygens (including phenoxy) is 1. The molecule has 2 aromatic carbocycles. The Bertz CT molecular complexity index is 948. The van der Waals surface area contributed by atoms with E-state index in [4.69, 9.17) is 16.3 Å². The molecule has 1 aliphatic carbocycles. The standard InChI is InChI=1S/C24H26ClFN2O3/c25-15-10-11-17(21(12-15)31-14-29)19-13-27-23(22(19)18-8-4-5-9-20(18)26)24(30)28-16-6-2-1-3-7-16/h4-5,8-12,14,16,19,22-23,27H,1-3,6-7,13H2,(H,28,30)/t19?,22?,23-/m1/s1. The van der Waals surface area contributed by atoms with Gasteiger partial charge in [-0.3, -0.25) is 9.59 Å². The van der Waals surface area contributed by atoms with Crippen LogP contribution in [0.1, 0.15) is 55.1 Å². The van der Waals surface area contributed by atoms with Crippen LogP contribution in [0.2, 0.25) is 5.02 Å². The maximum absolute atomic E-state index is 14.9. The molecule has 1 saturated heterocycles. The molecule has 2 fully saturated rings. The highest BCUT2D eigenvalue weighted by molar-refractivity contribution is 6.30. The Morgan fingerprint density at radius 3 is 2.65 bits per heavy atom. The minimum atomic E-state index is -0.594. The number of amides is 1. The number of rotatable bonds is 6. The average molecular weight is 445 g/mol. The van der Waals surface area contributed by atoms with E-state index in [1.54, 1.807) is 36.4 Å². The lowest BCUT2D eigenvalue weighted by Gasteiger charge is -2.28. The second-order valence-electron chi connectivity index (χ2n) is 8.28. The fourth-order valence-electron chi connectivity index (χ4n) is 4.95. The molecule has 2 aromatic rings. The van der Waals surface area contributed by atoms with E-state index in [2.05, 4.69) is 10.6 Å². The summed E-state index contributed by atoms with van der Waals surface area (Å²) in [6.45, 7) is 0.793. The first kappa shape index (κ1) is 21.8. The monoisotopic (exact) mass is 444 g/mol. The van der Waals surface area contributed by atoms with Crippen LogP contribution < -0.4 is 15.4 Å². The number of carbonyl (C=O) groups excluding carboxylic acids is 2. The van der Waals surface area contributed by atoms with Gasteiger partial charge >= 0.3 is 0 Å². The lowest BCUT2D eigenvalue weighted by Crippen LogP contribution is -2.47. The molecular weight excluding hydrogens is 419 g/mol. The summed E-state index contributed by atoms with van der Waals surface area (Å²) in [5.41, 5.74) is 1.18. The third-order valence-corrected chi connectivity index (χ3v) is 6.63. The Morgan fingerprint density at radius 1 is 1.13 bits per heavy atom. The molecule has 0 radical (unpaired) electrons. The Balaban J connectivity index is 1.68. The van der Waals surface area contributed by atoms with Crippen molar-refractivity contribution in [3.8, 4) is 5.75 Å². The molecule has 3 atom stereocenters. The number of hydrogen-bond donors (Lipinski definition) is 2. The van der Waals surface area contributed by atoms with E-state index in [-0.39, 0.29) is 23.7 Å². The van der Waals surface area contributed by atoms with Gasteiger partial charge in [-0.15, -0.1) is 0 Å².